The number of benzene rings is 1. The van der Waals surface area contributed by atoms with Crippen LogP contribution in [0.3, 0.4) is 0 Å². The zero-order valence-electron chi connectivity index (χ0n) is 9.11. The second kappa shape index (κ2) is 5.33. The van der Waals surface area contributed by atoms with E-state index in [-0.39, 0.29) is 16.0 Å². The Morgan fingerprint density at radius 1 is 1.17 bits per heavy atom. The molecule has 0 N–H and O–H groups in total. The molecule has 0 radical (unpaired) electrons. The van der Waals surface area contributed by atoms with E-state index >= 15 is 0 Å². The number of halogens is 3. The molecule has 0 fully saturated rings. The fraction of sp³-hybridized carbons (Fsp3) is 0.154. The second-order valence-electron chi connectivity index (χ2n) is 3.83. The first kappa shape index (κ1) is 13.4. The smallest absolute Gasteiger partial charge is 0.208 e. The van der Waals surface area contributed by atoms with E-state index in [1.807, 2.05) is 35.5 Å². The number of rotatable bonds is 2. The average Bonchev–Trinajstić information content (AvgIpc) is 2.28. The number of hydrogen-bond acceptors (Lipinski definition) is 2. The van der Waals surface area contributed by atoms with Crippen molar-refractivity contribution in [1.82, 2.24) is 0 Å². The molecule has 0 amide bonds. The van der Waals surface area contributed by atoms with Gasteiger partial charge in [0.15, 0.2) is 0 Å². The predicted octanol–water partition coefficient (Wildman–Crippen LogP) is 4.80. The molecule has 0 unspecified atom stereocenters. The van der Waals surface area contributed by atoms with Gasteiger partial charge in [0, 0.05) is 10.1 Å². The zero-order chi connectivity index (χ0) is 13.2. The van der Waals surface area contributed by atoms with E-state index in [9.17, 15) is 4.39 Å². The van der Waals surface area contributed by atoms with Crippen molar-refractivity contribution >= 4 is 40.6 Å². The van der Waals surface area contributed by atoms with Crippen LogP contribution in [0.4, 0.5) is 4.39 Å². The molecular formula is C13H8Cl2FNS. The van der Waals surface area contributed by atoms with Crippen LogP contribution in [0.15, 0.2) is 57.5 Å². The van der Waals surface area contributed by atoms with Gasteiger partial charge < -0.3 is 0 Å². The van der Waals surface area contributed by atoms with Gasteiger partial charge in [-0.05, 0) is 29.9 Å². The molecule has 18 heavy (non-hydrogen) atoms. The Morgan fingerprint density at radius 3 is 2.22 bits per heavy atom. The number of alkyl halides is 1. The minimum Gasteiger partial charge on any atom is -0.208 e. The molecule has 2 rings (SSSR count). The molecule has 1 nitrogen and oxygen atoms in total. The lowest BCUT2D eigenvalue weighted by Gasteiger charge is -2.24. The number of aliphatic imine (C=N–C) groups is 1. The van der Waals surface area contributed by atoms with Crippen molar-refractivity contribution in [2.75, 3.05) is 0 Å². The van der Waals surface area contributed by atoms with Gasteiger partial charge in [-0.3, -0.25) is 0 Å². The van der Waals surface area contributed by atoms with Crippen LogP contribution in [-0.4, -0.2) is 11.0 Å². The van der Waals surface area contributed by atoms with Gasteiger partial charge in [0.25, 0.3) is 0 Å². The SMILES string of the molecule is FC1(N=C=S)C=C(Cl)C(c2ccccc2)C(Cl)=C1. The summed E-state index contributed by atoms with van der Waals surface area (Å²) in [5.41, 5.74) is 0.897. The fourth-order valence-corrected chi connectivity index (χ4v) is 2.81. The molecule has 0 bridgehead atoms. The number of thiocarbonyl (C=S) groups is 1. The summed E-state index contributed by atoms with van der Waals surface area (Å²) < 4.78 is 14.1. The molecule has 0 aromatic heterocycles. The third kappa shape index (κ3) is 2.70. The summed E-state index contributed by atoms with van der Waals surface area (Å²) in [5, 5.41) is 2.57. The predicted molar refractivity (Wildman–Crippen MR) is 75.9 cm³/mol. The van der Waals surface area contributed by atoms with E-state index in [4.69, 9.17) is 23.2 Å². The largest absolute Gasteiger partial charge is 0.249 e. The van der Waals surface area contributed by atoms with Crippen molar-refractivity contribution in [3.63, 3.8) is 0 Å². The van der Waals surface area contributed by atoms with Crippen LogP contribution in [-0.2, 0) is 0 Å². The lowest BCUT2D eigenvalue weighted by molar-refractivity contribution is 0.309. The number of allylic oxidation sites excluding steroid dienone is 2. The van der Waals surface area contributed by atoms with Crippen LogP contribution in [0.5, 0.6) is 0 Å². The summed E-state index contributed by atoms with van der Waals surface area (Å²) in [6.45, 7) is 0. The van der Waals surface area contributed by atoms with Crippen molar-refractivity contribution in [3.05, 3.63) is 58.1 Å². The molecule has 1 aromatic carbocycles. The van der Waals surface area contributed by atoms with E-state index in [0.717, 1.165) is 5.56 Å². The topological polar surface area (TPSA) is 12.4 Å². The highest BCUT2D eigenvalue weighted by Crippen LogP contribution is 2.43. The van der Waals surface area contributed by atoms with Gasteiger partial charge >= 0.3 is 0 Å². The molecule has 1 aliphatic rings. The van der Waals surface area contributed by atoms with Crippen LogP contribution in [0.25, 0.3) is 0 Å². The lowest BCUT2D eigenvalue weighted by Crippen LogP contribution is -2.20. The van der Waals surface area contributed by atoms with E-state index < -0.39 is 5.79 Å². The van der Waals surface area contributed by atoms with Crippen LogP contribution in [0.1, 0.15) is 11.5 Å². The van der Waals surface area contributed by atoms with Crippen LogP contribution in [0.2, 0.25) is 0 Å². The summed E-state index contributed by atoms with van der Waals surface area (Å²) in [4.78, 5) is 3.42. The summed E-state index contributed by atoms with van der Waals surface area (Å²) in [7, 11) is 0. The summed E-state index contributed by atoms with van der Waals surface area (Å²) >= 11 is 16.6. The van der Waals surface area contributed by atoms with Gasteiger partial charge in [-0.25, -0.2) is 4.39 Å². The van der Waals surface area contributed by atoms with Crippen LogP contribution < -0.4 is 0 Å². The summed E-state index contributed by atoms with van der Waals surface area (Å²) in [6.07, 6.45) is 2.38. The molecule has 0 heterocycles. The third-order valence-electron chi connectivity index (χ3n) is 2.58. The van der Waals surface area contributed by atoms with E-state index in [0.29, 0.717) is 0 Å². The minimum absolute atomic E-state index is 0.283. The third-order valence-corrected chi connectivity index (χ3v) is 3.33. The number of nitrogens with zero attached hydrogens (tertiary/aromatic N) is 1. The highest BCUT2D eigenvalue weighted by molar-refractivity contribution is 7.78. The average molecular weight is 300 g/mol. The minimum atomic E-state index is -2.10. The number of hydrogen-bond donors (Lipinski definition) is 0. The van der Waals surface area contributed by atoms with E-state index in [1.165, 1.54) is 12.2 Å². The van der Waals surface area contributed by atoms with Gasteiger partial charge in [0.1, 0.15) is 0 Å². The molecule has 1 aromatic rings. The maximum absolute atomic E-state index is 14.1. The first-order chi connectivity index (χ1) is 8.56. The Hall–Kier alpha value is -0.990. The van der Waals surface area contributed by atoms with Gasteiger partial charge in [-0.2, -0.15) is 4.99 Å². The van der Waals surface area contributed by atoms with Gasteiger partial charge in [-0.1, -0.05) is 53.5 Å². The monoisotopic (exact) mass is 299 g/mol. The normalized spacial score (nSPS) is 26.9. The number of isothiocyanates is 1. The maximum atomic E-state index is 14.1. The van der Waals surface area contributed by atoms with Crippen molar-refractivity contribution < 1.29 is 4.39 Å². The summed E-state index contributed by atoms with van der Waals surface area (Å²) in [6, 6.07) is 9.39. The standard InChI is InChI=1S/C13H8Cl2FNS/c14-10-6-13(16,17-8-18)7-11(15)12(10)9-4-2-1-3-5-9/h1-7,12H. The highest BCUT2D eigenvalue weighted by Gasteiger charge is 2.34. The van der Waals surface area contributed by atoms with Gasteiger partial charge in [0.05, 0.1) is 11.1 Å². The molecule has 92 valence electrons. The lowest BCUT2D eigenvalue weighted by atomic mass is 9.92. The van der Waals surface area contributed by atoms with E-state index in [2.05, 4.69) is 17.2 Å². The van der Waals surface area contributed by atoms with Crippen molar-refractivity contribution in [2.24, 2.45) is 4.99 Å². The molecule has 5 heteroatoms. The van der Waals surface area contributed by atoms with Gasteiger partial charge in [0.2, 0.25) is 5.79 Å². The Bertz CT molecular complexity index is 542. The second-order valence-corrected chi connectivity index (χ2v) is 4.89. The van der Waals surface area contributed by atoms with Crippen molar-refractivity contribution in [1.29, 1.82) is 0 Å². The van der Waals surface area contributed by atoms with Crippen molar-refractivity contribution in [2.45, 2.75) is 11.7 Å². The summed E-state index contributed by atoms with van der Waals surface area (Å²) in [5.74, 6) is -2.44. The Balaban J connectivity index is 2.44. The molecule has 0 saturated carbocycles. The fourth-order valence-electron chi connectivity index (χ4n) is 1.83. The first-order valence-electron chi connectivity index (χ1n) is 5.15. The Labute approximate surface area is 120 Å². The molecule has 0 atom stereocenters. The maximum Gasteiger partial charge on any atom is 0.249 e. The molecule has 0 spiro atoms. The first-order valence-corrected chi connectivity index (χ1v) is 6.31. The molecule has 1 aliphatic carbocycles. The molecular weight excluding hydrogens is 292 g/mol. The Kier molecular flexibility index (Phi) is 3.98. The Morgan fingerprint density at radius 2 is 1.72 bits per heavy atom. The molecule has 0 saturated heterocycles. The highest BCUT2D eigenvalue weighted by atomic mass is 35.5. The van der Waals surface area contributed by atoms with E-state index in [1.54, 1.807) is 0 Å². The quantitative estimate of drug-likeness (QED) is 0.434. The van der Waals surface area contributed by atoms with Gasteiger partial charge in [-0.15, -0.1) is 0 Å². The van der Waals surface area contributed by atoms with Crippen LogP contribution in [0, 0.1) is 0 Å². The van der Waals surface area contributed by atoms with Crippen LogP contribution >= 0.6 is 35.4 Å². The van der Waals surface area contributed by atoms with Crippen molar-refractivity contribution in [3.8, 4) is 0 Å². The zero-order valence-corrected chi connectivity index (χ0v) is 11.4. The molecule has 0 aliphatic heterocycles.